The van der Waals surface area contributed by atoms with Gasteiger partial charge in [-0.3, -0.25) is 0 Å². The van der Waals surface area contributed by atoms with Crippen LogP contribution in [0.3, 0.4) is 0 Å². The lowest BCUT2D eigenvalue weighted by Crippen LogP contribution is -2.20. The highest BCUT2D eigenvalue weighted by Crippen LogP contribution is 2.27. The van der Waals surface area contributed by atoms with Gasteiger partial charge in [0.2, 0.25) is 0 Å². The second kappa shape index (κ2) is 7.25. The summed E-state index contributed by atoms with van der Waals surface area (Å²) in [5, 5.41) is 13.8. The Hall–Kier alpha value is -2.73. The Kier molecular flexibility index (Phi) is 5.04. The molecule has 136 valence electrons. The van der Waals surface area contributed by atoms with Crippen molar-refractivity contribution in [2.24, 2.45) is 0 Å². The predicted molar refractivity (Wildman–Crippen MR) is 95.1 cm³/mol. The van der Waals surface area contributed by atoms with Crippen LogP contribution in [0.2, 0.25) is 0 Å². The Balaban J connectivity index is 1.91. The minimum Gasteiger partial charge on any atom is -0.508 e. The molecule has 2 N–H and O–H groups in total. The number of nitrogens with one attached hydrogen (secondary N) is 1. The Morgan fingerprint density at radius 3 is 2.62 bits per heavy atom. The number of halogens is 2. The van der Waals surface area contributed by atoms with Crippen LogP contribution < -0.4 is 10.9 Å². The average molecular weight is 359 g/mol. The van der Waals surface area contributed by atoms with Crippen LogP contribution in [-0.2, 0) is 13.0 Å². The van der Waals surface area contributed by atoms with Gasteiger partial charge >= 0.3 is 5.63 Å². The van der Waals surface area contributed by atoms with Crippen molar-refractivity contribution in [3.63, 3.8) is 0 Å². The van der Waals surface area contributed by atoms with Crippen LogP contribution in [0.15, 0.2) is 45.6 Å². The molecule has 1 heterocycles. The third-order valence-corrected chi connectivity index (χ3v) is 4.44. The standard InChI is InChI=1S/C20H19F2NO3/c1-3-12-6-16-13(7-20(25)26-19(16)9-18(12)24)10-23-11(2)15-5-4-14(21)8-17(15)22/h4-9,11,23-24H,3,10H2,1-2H3/t11-/m1/s1. The summed E-state index contributed by atoms with van der Waals surface area (Å²) >= 11 is 0. The maximum absolute atomic E-state index is 13.9. The van der Waals surface area contributed by atoms with Crippen LogP contribution in [0, 0.1) is 11.6 Å². The number of aromatic hydroxyl groups is 1. The molecule has 1 aromatic heterocycles. The molecular weight excluding hydrogens is 340 g/mol. The van der Waals surface area contributed by atoms with E-state index < -0.39 is 17.3 Å². The van der Waals surface area contributed by atoms with Gasteiger partial charge in [-0.1, -0.05) is 13.0 Å². The van der Waals surface area contributed by atoms with Crippen LogP contribution in [0.5, 0.6) is 5.75 Å². The molecule has 0 fully saturated rings. The number of fused-ring (bicyclic) bond motifs is 1. The van der Waals surface area contributed by atoms with Crippen molar-refractivity contribution in [1.82, 2.24) is 5.32 Å². The number of rotatable bonds is 5. The number of hydrogen-bond acceptors (Lipinski definition) is 4. The van der Waals surface area contributed by atoms with Crippen LogP contribution in [0.4, 0.5) is 8.78 Å². The molecule has 26 heavy (non-hydrogen) atoms. The van der Waals surface area contributed by atoms with Gasteiger partial charge in [0.25, 0.3) is 0 Å². The molecule has 0 spiro atoms. The molecule has 3 aromatic rings. The van der Waals surface area contributed by atoms with E-state index in [1.54, 1.807) is 13.0 Å². The number of phenolic OH excluding ortho intramolecular Hbond substituents is 1. The Morgan fingerprint density at radius 2 is 1.92 bits per heavy atom. The van der Waals surface area contributed by atoms with Crippen molar-refractivity contribution in [3.8, 4) is 5.75 Å². The van der Waals surface area contributed by atoms with Gasteiger partial charge in [-0.15, -0.1) is 0 Å². The third kappa shape index (κ3) is 3.60. The van der Waals surface area contributed by atoms with E-state index >= 15 is 0 Å². The number of phenols is 1. The summed E-state index contributed by atoms with van der Waals surface area (Å²) in [6, 6.07) is 7.65. The summed E-state index contributed by atoms with van der Waals surface area (Å²) in [6.07, 6.45) is 0.630. The summed E-state index contributed by atoms with van der Waals surface area (Å²) in [7, 11) is 0. The van der Waals surface area contributed by atoms with Gasteiger partial charge in [-0.25, -0.2) is 13.6 Å². The van der Waals surface area contributed by atoms with Gasteiger partial charge in [0.1, 0.15) is 23.0 Å². The van der Waals surface area contributed by atoms with E-state index in [1.807, 2.05) is 6.92 Å². The maximum Gasteiger partial charge on any atom is 0.336 e. The highest BCUT2D eigenvalue weighted by Gasteiger charge is 2.14. The van der Waals surface area contributed by atoms with Crippen molar-refractivity contribution in [2.75, 3.05) is 0 Å². The highest BCUT2D eigenvalue weighted by atomic mass is 19.1. The molecule has 2 aromatic carbocycles. The van der Waals surface area contributed by atoms with Crippen LogP contribution in [0.1, 0.15) is 36.6 Å². The molecule has 0 saturated carbocycles. The lowest BCUT2D eigenvalue weighted by atomic mass is 10.0. The molecule has 3 rings (SSSR count). The zero-order valence-corrected chi connectivity index (χ0v) is 14.5. The van der Waals surface area contributed by atoms with Crippen LogP contribution in [-0.4, -0.2) is 5.11 Å². The number of benzene rings is 2. The lowest BCUT2D eigenvalue weighted by molar-refractivity contribution is 0.466. The van der Waals surface area contributed by atoms with Crippen molar-refractivity contribution < 1.29 is 18.3 Å². The summed E-state index contributed by atoms with van der Waals surface area (Å²) in [5.41, 5.74) is 1.53. The maximum atomic E-state index is 13.9. The number of aryl methyl sites for hydroxylation is 1. The molecule has 0 amide bonds. The van der Waals surface area contributed by atoms with E-state index in [-0.39, 0.29) is 18.3 Å². The first-order valence-corrected chi connectivity index (χ1v) is 8.36. The van der Waals surface area contributed by atoms with Gasteiger partial charge in [0, 0.05) is 41.7 Å². The normalized spacial score (nSPS) is 12.5. The fourth-order valence-corrected chi connectivity index (χ4v) is 2.96. The van der Waals surface area contributed by atoms with Gasteiger partial charge in [0.05, 0.1) is 0 Å². The monoisotopic (exact) mass is 359 g/mol. The molecule has 1 atom stereocenters. The summed E-state index contributed by atoms with van der Waals surface area (Å²) in [4.78, 5) is 11.8. The number of hydrogen-bond donors (Lipinski definition) is 2. The predicted octanol–water partition coefficient (Wildman–Crippen LogP) is 4.19. The lowest BCUT2D eigenvalue weighted by Gasteiger charge is -2.16. The molecule has 4 nitrogen and oxygen atoms in total. The smallest absolute Gasteiger partial charge is 0.336 e. The van der Waals surface area contributed by atoms with Crippen LogP contribution in [0.25, 0.3) is 11.0 Å². The Bertz CT molecular complexity index is 1010. The first-order valence-electron chi connectivity index (χ1n) is 8.36. The van der Waals surface area contributed by atoms with E-state index in [2.05, 4.69) is 5.32 Å². The molecular formula is C20H19F2NO3. The fraction of sp³-hybridized carbons (Fsp3) is 0.250. The third-order valence-electron chi connectivity index (χ3n) is 4.44. The van der Waals surface area contributed by atoms with Crippen molar-refractivity contribution >= 4 is 11.0 Å². The molecule has 0 aliphatic heterocycles. The Labute approximate surface area is 149 Å². The Morgan fingerprint density at radius 1 is 1.15 bits per heavy atom. The minimum absolute atomic E-state index is 0.0787. The summed E-state index contributed by atoms with van der Waals surface area (Å²) in [6.45, 7) is 3.96. The fourth-order valence-electron chi connectivity index (χ4n) is 2.96. The first kappa shape index (κ1) is 18.1. The second-order valence-corrected chi connectivity index (χ2v) is 6.19. The second-order valence-electron chi connectivity index (χ2n) is 6.19. The highest BCUT2D eigenvalue weighted by molar-refractivity contribution is 5.82. The van der Waals surface area contributed by atoms with Gasteiger partial charge in [0.15, 0.2) is 0 Å². The van der Waals surface area contributed by atoms with Gasteiger partial charge < -0.3 is 14.8 Å². The molecule has 0 aliphatic carbocycles. The van der Waals surface area contributed by atoms with E-state index in [1.165, 1.54) is 24.3 Å². The van der Waals surface area contributed by atoms with Gasteiger partial charge in [-0.2, -0.15) is 0 Å². The SMILES string of the molecule is CCc1cc2c(CN[C@H](C)c3ccc(F)cc3F)cc(=O)oc2cc1O. The zero-order valence-electron chi connectivity index (χ0n) is 14.5. The molecule has 0 bridgehead atoms. The zero-order chi connectivity index (χ0) is 18.8. The molecule has 0 unspecified atom stereocenters. The molecule has 6 heteroatoms. The van der Waals surface area contributed by atoms with Crippen molar-refractivity contribution in [3.05, 3.63) is 75.1 Å². The van der Waals surface area contributed by atoms with E-state index in [9.17, 15) is 18.7 Å². The topological polar surface area (TPSA) is 62.5 Å². The molecule has 0 aliphatic rings. The molecule has 0 radical (unpaired) electrons. The first-order chi connectivity index (χ1) is 12.4. The van der Waals surface area contributed by atoms with E-state index in [0.717, 1.165) is 11.6 Å². The van der Waals surface area contributed by atoms with Crippen molar-refractivity contribution in [1.29, 1.82) is 0 Å². The largest absolute Gasteiger partial charge is 0.508 e. The summed E-state index contributed by atoms with van der Waals surface area (Å²) in [5.74, 6) is -1.17. The molecule has 0 saturated heterocycles. The van der Waals surface area contributed by atoms with Crippen LogP contribution >= 0.6 is 0 Å². The van der Waals surface area contributed by atoms with E-state index in [4.69, 9.17) is 4.42 Å². The average Bonchev–Trinajstić information content (AvgIpc) is 2.58. The van der Waals surface area contributed by atoms with Gasteiger partial charge in [-0.05, 0) is 36.6 Å². The minimum atomic E-state index is -0.628. The quantitative estimate of drug-likeness (QED) is 0.671. The van der Waals surface area contributed by atoms with E-state index in [0.29, 0.717) is 28.5 Å². The van der Waals surface area contributed by atoms with Crippen molar-refractivity contribution in [2.45, 2.75) is 32.9 Å². The summed E-state index contributed by atoms with van der Waals surface area (Å²) < 4.78 is 32.1.